The molecular formula is C20H36N2O4. The monoisotopic (exact) mass is 368 g/mol. The first-order valence-electron chi connectivity index (χ1n) is 10.0. The highest BCUT2D eigenvalue weighted by atomic mass is 16.3. The van der Waals surface area contributed by atoms with Crippen molar-refractivity contribution in [1.82, 2.24) is 4.90 Å². The highest BCUT2D eigenvalue weighted by Gasteiger charge is 2.68. The Kier molecular flexibility index (Phi) is 4.96. The second-order valence-electron chi connectivity index (χ2n) is 10.3. The second-order valence-corrected chi connectivity index (χ2v) is 10.3. The standard InChI is InChI=1S/C20H36N2O4/c1-17(2,3)20(21,16(25)22(4-6-23)5-7-24)18-9-14-8-15(10-18)12-19(26,11-14)13-18/h14-15,23-24,26H,4-13,21H2,1-3H3. The van der Waals surface area contributed by atoms with Crippen LogP contribution in [0.3, 0.4) is 0 Å². The van der Waals surface area contributed by atoms with E-state index in [1.807, 2.05) is 20.8 Å². The Bertz CT molecular complexity index is 539. The lowest BCUT2D eigenvalue weighted by molar-refractivity contribution is -0.206. The summed E-state index contributed by atoms with van der Waals surface area (Å²) in [6.45, 7) is 6.03. The van der Waals surface area contributed by atoms with Gasteiger partial charge in [-0.1, -0.05) is 20.8 Å². The van der Waals surface area contributed by atoms with Crippen molar-refractivity contribution in [3.8, 4) is 0 Å². The molecule has 6 nitrogen and oxygen atoms in total. The van der Waals surface area contributed by atoms with Crippen LogP contribution in [0.25, 0.3) is 0 Å². The Hall–Kier alpha value is -0.690. The zero-order valence-electron chi connectivity index (χ0n) is 16.5. The quantitative estimate of drug-likeness (QED) is 0.557. The number of nitrogens with zero attached hydrogens (tertiary/aromatic N) is 1. The average Bonchev–Trinajstić information content (AvgIpc) is 2.49. The maximum Gasteiger partial charge on any atom is 0.243 e. The first kappa shape index (κ1) is 20.1. The third-order valence-corrected chi connectivity index (χ3v) is 7.41. The van der Waals surface area contributed by atoms with Crippen LogP contribution in [-0.4, -0.2) is 63.6 Å². The first-order valence-corrected chi connectivity index (χ1v) is 10.0. The van der Waals surface area contributed by atoms with Gasteiger partial charge in [-0.25, -0.2) is 0 Å². The minimum atomic E-state index is -1.14. The van der Waals surface area contributed by atoms with Crippen molar-refractivity contribution in [2.75, 3.05) is 26.3 Å². The Balaban J connectivity index is 2.04. The van der Waals surface area contributed by atoms with Crippen LogP contribution in [0.1, 0.15) is 59.3 Å². The Morgan fingerprint density at radius 3 is 1.96 bits per heavy atom. The fourth-order valence-corrected chi connectivity index (χ4v) is 6.82. The van der Waals surface area contributed by atoms with Crippen molar-refractivity contribution in [2.45, 2.75) is 70.4 Å². The van der Waals surface area contributed by atoms with Gasteiger partial charge in [0, 0.05) is 18.5 Å². The average molecular weight is 369 g/mol. The fraction of sp³-hybridized carbons (Fsp3) is 0.950. The van der Waals surface area contributed by atoms with E-state index in [0.717, 1.165) is 32.1 Å². The molecule has 0 heterocycles. The number of hydrogen-bond donors (Lipinski definition) is 4. The topological polar surface area (TPSA) is 107 Å². The molecule has 0 aromatic heterocycles. The van der Waals surface area contributed by atoms with Crippen LogP contribution in [0.15, 0.2) is 0 Å². The zero-order valence-corrected chi connectivity index (χ0v) is 16.5. The third kappa shape index (κ3) is 2.89. The molecule has 3 atom stereocenters. The van der Waals surface area contributed by atoms with Crippen LogP contribution in [-0.2, 0) is 4.79 Å². The van der Waals surface area contributed by atoms with Gasteiger partial charge >= 0.3 is 0 Å². The molecule has 4 saturated carbocycles. The molecule has 4 rings (SSSR count). The van der Waals surface area contributed by atoms with E-state index in [2.05, 4.69) is 0 Å². The summed E-state index contributed by atoms with van der Waals surface area (Å²) in [4.78, 5) is 15.2. The van der Waals surface area contributed by atoms with Gasteiger partial charge in [0.15, 0.2) is 0 Å². The summed E-state index contributed by atoms with van der Waals surface area (Å²) < 4.78 is 0. The summed E-state index contributed by atoms with van der Waals surface area (Å²) in [6.07, 6.45) is 5.15. The molecule has 4 bridgehead atoms. The van der Waals surface area contributed by atoms with Gasteiger partial charge in [0.05, 0.1) is 18.8 Å². The Morgan fingerprint density at radius 2 is 1.58 bits per heavy atom. The van der Waals surface area contributed by atoms with Crippen LogP contribution >= 0.6 is 0 Å². The van der Waals surface area contributed by atoms with E-state index >= 15 is 0 Å². The van der Waals surface area contributed by atoms with Crippen LogP contribution < -0.4 is 5.73 Å². The van der Waals surface area contributed by atoms with Gasteiger partial charge in [0.1, 0.15) is 5.54 Å². The zero-order chi connectivity index (χ0) is 19.4. The van der Waals surface area contributed by atoms with Crippen LogP contribution in [0.5, 0.6) is 0 Å². The molecule has 0 aliphatic heterocycles. The molecule has 5 N–H and O–H groups in total. The van der Waals surface area contributed by atoms with Gasteiger partial charge in [-0.15, -0.1) is 0 Å². The minimum Gasteiger partial charge on any atom is -0.395 e. The van der Waals surface area contributed by atoms with Crippen molar-refractivity contribution in [1.29, 1.82) is 0 Å². The van der Waals surface area contributed by atoms with E-state index in [0.29, 0.717) is 18.3 Å². The van der Waals surface area contributed by atoms with Crippen LogP contribution in [0.2, 0.25) is 0 Å². The van der Waals surface area contributed by atoms with Crippen molar-refractivity contribution >= 4 is 5.91 Å². The van der Waals surface area contributed by atoms with Gasteiger partial charge < -0.3 is 26.0 Å². The molecule has 3 unspecified atom stereocenters. The highest BCUT2D eigenvalue weighted by molar-refractivity contribution is 5.88. The molecule has 4 aliphatic carbocycles. The SMILES string of the molecule is CC(C)(C)C(N)(C(=O)N(CCO)CCO)C12CC3CC(CC(O)(C3)C1)C2. The number of aliphatic hydroxyl groups is 3. The maximum absolute atomic E-state index is 13.7. The molecule has 0 saturated heterocycles. The van der Waals surface area contributed by atoms with Crippen molar-refractivity contribution in [2.24, 2.45) is 28.4 Å². The van der Waals surface area contributed by atoms with Crippen LogP contribution in [0.4, 0.5) is 0 Å². The minimum absolute atomic E-state index is 0.159. The molecule has 1 amide bonds. The molecule has 0 radical (unpaired) electrons. The van der Waals surface area contributed by atoms with Gasteiger partial charge in [-0.05, 0) is 55.8 Å². The predicted molar refractivity (Wildman–Crippen MR) is 99.2 cm³/mol. The lowest BCUT2D eigenvalue weighted by Gasteiger charge is -2.67. The lowest BCUT2D eigenvalue weighted by atomic mass is 9.40. The summed E-state index contributed by atoms with van der Waals surface area (Å²) in [5, 5.41) is 30.0. The number of aliphatic hydroxyl groups excluding tert-OH is 2. The van der Waals surface area contributed by atoms with Crippen molar-refractivity contribution < 1.29 is 20.1 Å². The van der Waals surface area contributed by atoms with E-state index in [1.54, 1.807) is 0 Å². The highest BCUT2D eigenvalue weighted by Crippen LogP contribution is 2.67. The second kappa shape index (κ2) is 6.43. The normalized spacial score (nSPS) is 38.3. The van der Waals surface area contributed by atoms with Gasteiger partial charge in [-0.2, -0.15) is 0 Å². The molecule has 26 heavy (non-hydrogen) atoms. The van der Waals surface area contributed by atoms with Gasteiger partial charge in [-0.3, -0.25) is 4.79 Å². The van der Waals surface area contributed by atoms with E-state index in [9.17, 15) is 20.1 Å². The van der Waals surface area contributed by atoms with Gasteiger partial charge in [0.25, 0.3) is 0 Å². The summed E-state index contributed by atoms with van der Waals surface area (Å²) >= 11 is 0. The molecule has 6 heteroatoms. The molecule has 0 aromatic rings. The van der Waals surface area contributed by atoms with E-state index < -0.39 is 22.0 Å². The fourth-order valence-electron chi connectivity index (χ4n) is 6.82. The summed E-state index contributed by atoms with van der Waals surface area (Å²) in [7, 11) is 0. The first-order chi connectivity index (χ1) is 12.0. The Morgan fingerprint density at radius 1 is 1.08 bits per heavy atom. The summed E-state index contributed by atoms with van der Waals surface area (Å²) in [5.41, 5.74) is 4.30. The number of rotatable bonds is 6. The Labute approximate surface area is 156 Å². The molecule has 4 fully saturated rings. The van der Waals surface area contributed by atoms with Crippen LogP contribution in [0, 0.1) is 22.7 Å². The van der Waals surface area contributed by atoms with Gasteiger partial charge in [0.2, 0.25) is 5.91 Å². The molecule has 0 aromatic carbocycles. The lowest BCUT2D eigenvalue weighted by Crippen LogP contribution is -2.76. The van der Waals surface area contributed by atoms with Crippen molar-refractivity contribution in [3.05, 3.63) is 0 Å². The van der Waals surface area contributed by atoms with E-state index in [1.165, 1.54) is 4.90 Å². The summed E-state index contributed by atoms with van der Waals surface area (Å²) in [5.74, 6) is 0.672. The molecule has 150 valence electrons. The number of carbonyl (C=O) groups excluding carboxylic acids is 1. The van der Waals surface area contributed by atoms with Crippen molar-refractivity contribution in [3.63, 3.8) is 0 Å². The van der Waals surface area contributed by atoms with E-state index in [4.69, 9.17) is 5.73 Å². The summed E-state index contributed by atoms with van der Waals surface area (Å²) in [6, 6.07) is 0. The smallest absolute Gasteiger partial charge is 0.243 e. The number of carbonyl (C=O) groups is 1. The number of amides is 1. The number of nitrogens with two attached hydrogens (primary N) is 1. The molecule has 4 aliphatic rings. The molecular weight excluding hydrogens is 332 g/mol. The van der Waals surface area contributed by atoms with E-state index in [-0.39, 0.29) is 32.2 Å². The maximum atomic E-state index is 13.7. The number of hydrogen-bond acceptors (Lipinski definition) is 5. The largest absolute Gasteiger partial charge is 0.395 e. The molecule has 0 spiro atoms. The third-order valence-electron chi connectivity index (χ3n) is 7.41. The predicted octanol–water partition coefficient (Wildman–Crippen LogP) is 0.875.